The first-order valence-corrected chi connectivity index (χ1v) is 7.47. The van der Waals surface area contributed by atoms with Crippen LogP contribution in [0.2, 0.25) is 0 Å². The maximum absolute atomic E-state index is 12.7. The number of nitrogens with zero attached hydrogens (tertiary/aromatic N) is 1. The number of amides is 1. The zero-order chi connectivity index (χ0) is 13.9. The van der Waals surface area contributed by atoms with E-state index in [1.54, 1.807) is 0 Å². The molecule has 1 atom stereocenters. The van der Waals surface area contributed by atoms with Gasteiger partial charge in [-0.3, -0.25) is 4.79 Å². The van der Waals surface area contributed by atoms with Crippen molar-refractivity contribution in [3.63, 3.8) is 0 Å². The summed E-state index contributed by atoms with van der Waals surface area (Å²) in [5.74, 6) is 1.00. The molecule has 20 heavy (non-hydrogen) atoms. The Balaban J connectivity index is 1.80. The lowest BCUT2D eigenvalue weighted by Gasteiger charge is -2.35. The van der Waals surface area contributed by atoms with Crippen LogP contribution in [0, 0.1) is 0 Å². The van der Waals surface area contributed by atoms with E-state index in [0.717, 1.165) is 49.1 Å². The predicted molar refractivity (Wildman–Crippen MR) is 76.0 cm³/mol. The molecule has 4 heteroatoms. The first-order chi connectivity index (χ1) is 9.79. The third-order valence-corrected chi connectivity index (χ3v) is 4.29. The Hall–Kier alpha value is -1.55. The van der Waals surface area contributed by atoms with Crippen LogP contribution in [-0.2, 0) is 6.42 Å². The second kappa shape index (κ2) is 5.83. The number of aliphatic hydroxyl groups excluding tert-OH is 1. The van der Waals surface area contributed by atoms with Crippen LogP contribution in [0.4, 0.5) is 0 Å². The standard InChI is InChI=1S/C16H21NO3/c18-9-6-14-3-1-2-8-17(14)16(19)13-4-5-15-12(11-13)7-10-20-15/h4-5,11,14,18H,1-3,6-10H2. The SMILES string of the molecule is O=C(c1ccc2c(c1)CCO2)N1CCCCC1CCO. The number of piperidine rings is 1. The number of hydrogen-bond donors (Lipinski definition) is 1. The molecule has 0 saturated carbocycles. The molecule has 0 radical (unpaired) electrons. The third kappa shape index (κ3) is 2.52. The van der Waals surface area contributed by atoms with Gasteiger partial charge in [0.1, 0.15) is 5.75 Å². The monoisotopic (exact) mass is 275 g/mol. The molecule has 4 nitrogen and oxygen atoms in total. The summed E-state index contributed by atoms with van der Waals surface area (Å²) in [4.78, 5) is 14.6. The van der Waals surface area contributed by atoms with Crippen LogP contribution < -0.4 is 4.74 Å². The van der Waals surface area contributed by atoms with Crippen molar-refractivity contribution < 1.29 is 14.6 Å². The average Bonchev–Trinajstić information content (AvgIpc) is 2.95. The van der Waals surface area contributed by atoms with Crippen molar-refractivity contribution in [2.24, 2.45) is 0 Å². The minimum Gasteiger partial charge on any atom is -0.493 e. The van der Waals surface area contributed by atoms with Crippen molar-refractivity contribution in [3.05, 3.63) is 29.3 Å². The van der Waals surface area contributed by atoms with Crippen molar-refractivity contribution in [2.45, 2.75) is 38.1 Å². The van der Waals surface area contributed by atoms with E-state index < -0.39 is 0 Å². The van der Waals surface area contributed by atoms with Gasteiger partial charge in [-0.25, -0.2) is 0 Å². The molecule has 1 fully saturated rings. The summed E-state index contributed by atoms with van der Waals surface area (Å²) in [5.41, 5.74) is 1.88. The number of hydrogen-bond acceptors (Lipinski definition) is 3. The fraction of sp³-hybridized carbons (Fsp3) is 0.562. The summed E-state index contributed by atoms with van der Waals surface area (Å²) >= 11 is 0. The number of rotatable bonds is 3. The molecular formula is C16H21NO3. The van der Waals surface area contributed by atoms with E-state index in [9.17, 15) is 4.79 Å². The smallest absolute Gasteiger partial charge is 0.254 e. The van der Waals surface area contributed by atoms with Crippen molar-refractivity contribution in [3.8, 4) is 5.75 Å². The molecule has 1 aromatic carbocycles. The quantitative estimate of drug-likeness (QED) is 0.918. The van der Waals surface area contributed by atoms with E-state index in [4.69, 9.17) is 9.84 Å². The van der Waals surface area contributed by atoms with Crippen LogP contribution in [0.3, 0.4) is 0 Å². The summed E-state index contributed by atoms with van der Waals surface area (Å²) in [7, 11) is 0. The molecule has 2 aliphatic rings. The van der Waals surface area contributed by atoms with Gasteiger partial charge in [-0.15, -0.1) is 0 Å². The van der Waals surface area contributed by atoms with Crippen LogP contribution in [0.1, 0.15) is 41.6 Å². The van der Waals surface area contributed by atoms with E-state index >= 15 is 0 Å². The number of ether oxygens (including phenoxy) is 1. The molecule has 2 heterocycles. The fourth-order valence-corrected chi connectivity index (χ4v) is 3.20. The minimum absolute atomic E-state index is 0.0952. The highest BCUT2D eigenvalue weighted by atomic mass is 16.5. The zero-order valence-corrected chi connectivity index (χ0v) is 11.7. The lowest BCUT2D eigenvalue weighted by atomic mass is 9.98. The molecule has 1 N–H and O–H groups in total. The lowest BCUT2D eigenvalue weighted by molar-refractivity contribution is 0.0574. The highest BCUT2D eigenvalue weighted by Gasteiger charge is 2.27. The summed E-state index contributed by atoms with van der Waals surface area (Å²) in [6, 6.07) is 5.91. The molecular weight excluding hydrogens is 254 g/mol. The van der Waals surface area contributed by atoms with Gasteiger partial charge in [0.2, 0.25) is 0 Å². The van der Waals surface area contributed by atoms with Gasteiger partial charge in [0.25, 0.3) is 5.91 Å². The molecule has 3 rings (SSSR count). The van der Waals surface area contributed by atoms with E-state index in [2.05, 4.69) is 0 Å². The normalized spacial score (nSPS) is 21.4. The van der Waals surface area contributed by atoms with Gasteiger partial charge in [0.15, 0.2) is 0 Å². The van der Waals surface area contributed by atoms with Crippen molar-refractivity contribution >= 4 is 5.91 Å². The van der Waals surface area contributed by atoms with Gasteiger partial charge in [-0.2, -0.15) is 0 Å². The molecule has 1 saturated heterocycles. The number of aliphatic hydroxyl groups is 1. The lowest BCUT2D eigenvalue weighted by Crippen LogP contribution is -2.44. The maximum Gasteiger partial charge on any atom is 0.254 e. The fourth-order valence-electron chi connectivity index (χ4n) is 3.20. The topological polar surface area (TPSA) is 49.8 Å². The molecule has 0 aromatic heterocycles. The molecule has 1 aromatic rings. The Morgan fingerprint density at radius 2 is 2.30 bits per heavy atom. The Labute approximate surface area is 119 Å². The van der Waals surface area contributed by atoms with Crippen LogP contribution in [-0.4, -0.2) is 41.7 Å². The van der Waals surface area contributed by atoms with Gasteiger partial charge in [0.05, 0.1) is 6.61 Å². The zero-order valence-electron chi connectivity index (χ0n) is 11.7. The molecule has 1 unspecified atom stereocenters. The van der Waals surface area contributed by atoms with E-state index in [-0.39, 0.29) is 18.6 Å². The first-order valence-electron chi connectivity index (χ1n) is 7.47. The number of likely N-dealkylation sites (tertiary alicyclic amines) is 1. The summed E-state index contributed by atoms with van der Waals surface area (Å²) < 4.78 is 5.48. The van der Waals surface area contributed by atoms with Crippen molar-refractivity contribution in [1.29, 1.82) is 0 Å². The number of benzene rings is 1. The largest absolute Gasteiger partial charge is 0.493 e. The summed E-state index contributed by atoms with van der Waals surface area (Å²) in [6.45, 7) is 1.66. The van der Waals surface area contributed by atoms with Gasteiger partial charge >= 0.3 is 0 Å². The van der Waals surface area contributed by atoms with Gasteiger partial charge in [-0.1, -0.05) is 0 Å². The van der Waals surface area contributed by atoms with E-state index in [1.165, 1.54) is 0 Å². The summed E-state index contributed by atoms with van der Waals surface area (Å²) in [6.07, 6.45) is 4.77. The second-order valence-corrected chi connectivity index (χ2v) is 5.58. The molecule has 2 aliphatic heterocycles. The molecule has 0 spiro atoms. The molecule has 1 amide bonds. The van der Waals surface area contributed by atoms with Gasteiger partial charge in [0, 0.05) is 31.2 Å². The Morgan fingerprint density at radius 1 is 1.40 bits per heavy atom. The minimum atomic E-state index is 0.0952. The van der Waals surface area contributed by atoms with Crippen molar-refractivity contribution in [2.75, 3.05) is 19.8 Å². The second-order valence-electron chi connectivity index (χ2n) is 5.58. The van der Waals surface area contributed by atoms with Gasteiger partial charge in [-0.05, 0) is 49.4 Å². The van der Waals surface area contributed by atoms with Crippen LogP contribution in [0.5, 0.6) is 5.75 Å². The van der Waals surface area contributed by atoms with Gasteiger partial charge < -0.3 is 14.7 Å². The van der Waals surface area contributed by atoms with Crippen LogP contribution in [0.25, 0.3) is 0 Å². The molecule has 0 aliphatic carbocycles. The highest BCUT2D eigenvalue weighted by Crippen LogP contribution is 2.28. The van der Waals surface area contributed by atoms with Crippen LogP contribution in [0.15, 0.2) is 18.2 Å². The Bertz CT molecular complexity index is 498. The van der Waals surface area contributed by atoms with Crippen LogP contribution >= 0.6 is 0 Å². The Kier molecular flexibility index (Phi) is 3.92. The number of carbonyl (C=O) groups is 1. The summed E-state index contributed by atoms with van der Waals surface area (Å²) in [5, 5.41) is 9.16. The third-order valence-electron chi connectivity index (χ3n) is 4.29. The van der Waals surface area contributed by atoms with E-state index in [1.807, 2.05) is 23.1 Å². The first kappa shape index (κ1) is 13.4. The number of fused-ring (bicyclic) bond motifs is 1. The molecule has 108 valence electrons. The van der Waals surface area contributed by atoms with Crippen molar-refractivity contribution in [1.82, 2.24) is 4.90 Å². The molecule has 0 bridgehead atoms. The maximum atomic E-state index is 12.7. The Morgan fingerprint density at radius 3 is 3.15 bits per heavy atom. The highest BCUT2D eigenvalue weighted by molar-refractivity contribution is 5.95. The van der Waals surface area contributed by atoms with E-state index in [0.29, 0.717) is 13.0 Å². The predicted octanol–water partition coefficient (Wildman–Crippen LogP) is 2.00. The average molecular weight is 275 g/mol. The number of carbonyl (C=O) groups excluding carboxylic acids is 1.